The number of aromatic nitrogens is 2. The molecule has 0 radical (unpaired) electrons. The molecule has 3 aromatic rings. The van der Waals surface area contributed by atoms with Gasteiger partial charge in [-0.25, -0.2) is 4.98 Å². The maximum Gasteiger partial charge on any atom is 0.225 e. The van der Waals surface area contributed by atoms with E-state index in [0.717, 1.165) is 73.9 Å². The Hall–Kier alpha value is -2.86. The van der Waals surface area contributed by atoms with Crippen LogP contribution in [-0.4, -0.2) is 58.5 Å². The average Bonchev–Trinajstić information content (AvgIpc) is 3.18. The lowest BCUT2D eigenvalue weighted by atomic mass is 9.95. The molecule has 0 spiro atoms. The van der Waals surface area contributed by atoms with Crippen LogP contribution < -0.4 is 4.74 Å². The molecule has 2 heterocycles. The summed E-state index contributed by atoms with van der Waals surface area (Å²) in [7, 11) is 1.68. The molecule has 1 aliphatic rings. The van der Waals surface area contributed by atoms with Gasteiger partial charge in [0.15, 0.2) is 0 Å². The molecule has 6 nitrogen and oxygen atoms in total. The molecule has 1 aromatic heterocycles. The van der Waals surface area contributed by atoms with Crippen LogP contribution >= 0.6 is 0 Å². The molecule has 1 fully saturated rings. The zero-order chi connectivity index (χ0) is 21.8. The van der Waals surface area contributed by atoms with Crippen molar-refractivity contribution in [1.82, 2.24) is 19.4 Å². The summed E-state index contributed by atoms with van der Waals surface area (Å²) in [5.74, 6) is 2.33. The van der Waals surface area contributed by atoms with Gasteiger partial charge in [-0.15, -0.1) is 0 Å². The first kappa shape index (κ1) is 21.4. The molecule has 31 heavy (non-hydrogen) atoms. The Bertz CT molecular complexity index is 1020. The molecule has 2 aromatic carbocycles. The van der Waals surface area contributed by atoms with E-state index in [1.165, 1.54) is 0 Å². The van der Waals surface area contributed by atoms with Gasteiger partial charge in [-0.2, -0.15) is 0 Å². The van der Waals surface area contributed by atoms with E-state index in [9.17, 15) is 4.79 Å². The normalized spacial score (nSPS) is 15.3. The van der Waals surface area contributed by atoms with Crippen molar-refractivity contribution in [3.63, 3.8) is 0 Å². The smallest absolute Gasteiger partial charge is 0.225 e. The van der Waals surface area contributed by atoms with Gasteiger partial charge in [0.05, 0.1) is 24.7 Å². The Morgan fingerprint density at radius 1 is 1.06 bits per heavy atom. The molecular formula is C25H32N4O2. The second kappa shape index (κ2) is 9.52. The van der Waals surface area contributed by atoms with Crippen LogP contribution in [0.5, 0.6) is 5.75 Å². The maximum absolute atomic E-state index is 12.7. The SMILES string of the molecule is CCN(CC)C(=O)C1CCN(Cc2nc3ccccc3n2-c2ccc(OC)cc2)CC1. The van der Waals surface area contributed by atoms with E-state index >= 15 is 0 Å². The Morgan fingerprint density at radius 2 is 1.74 bits per heavy atom. The first-order valence-corrected chi connectivity index (χ1v) is 11.3. The molecule has 1 amide bonds. The van der Waals surface area contributed by atoms with E-state index < -0.39 is 0 Å². The predicted molar refractivity (Wildman–Crippen MR) is 124 cm³/mol. The Kier molecular flexibility index (Phi) is 6.56. The highest BCUT2D eigenvalue weighted by molar-refractivity contribution is 5.79. The average molecular weight is 421 g/mol. The van der Waals surface area contributed by atoms with Crippen molar-refractivity contribution in [2.24, 2.45) is 5.92 Å². The molecular weight excluding hydrogens is 388 g/mol. The quantitative estimate of drug-likeness (QED) is 0.577. The molecule has 1 aliphatic heterocycles. The van der Waals surface area contributed by atoms with Gasteiger partial charge in [-0.05, 0) is 76.2 Å². The highest BCUT2D eigenvalue weighted by atomic mass is 16.5. The summed E-state index contributed by atoms with van der Waals surface area (Å²) in [5, 5.41) is 0. The number of carbonyl (C=O) groups excluding carboxylic acids is 1. The van der Waals surface area contributed by atoms with Crippen LogP contribution in [0.2, 0.25) is 0 Å². The molecule has 1 saturated heterocycles. The minimum atomic E-state index is 0.150. The molecule has 6 heteroatoms. The number of hydrogen-bond acceptors (Lipinski definition) is 4. The van der Waals surface area contributed by atoms with Gasteiger partial charge in [0.25, 0.3) is 0 Å². The Labute approximate surface area is 184 Å². The third-order valence-corrected chi connectivity index (χ3v) is 6.34. The minimum Gasteiger partial charge on any atom is -0.497 e. The number of ether oxygens (including phenoxy) is 1. The van der Waals surface area contributed by atoms with E-state index in [1.807, 2.05) is 23.1 Å². The highest BCUT2D eigenvalue weighted by Crippen LogP contribution is 2.26. The zero-order valence-electron chi connectivity index (χ0n) is 18.8. The second-order valence-corrected chi connectivity index (χ2v) is 8.11. The van der Waals surface area contributed by atoms with E-state index in [-0.39, 0.29) is 5.92 Å². The monoisotopic (exact) mass is 420 g/mol. The molecule has 4 rings (SSSR count). The molecule has 0 unspecified atom stereocenters. The van der Waals surface area contributed by atoms with Crippen LogP contribution in [0.3, 0.4) is 0 Å². The van der Waals surface area contributed by atoms with E-state index in [0.29, 0.717) is 5.91 Å². The number of likely N-dealkylation sites (tertiary alicyclic amines) is 1. The number of benzene rings is 2. The third kappa shape index (κ3) is 4.44. The van der Waals surface area contributed by atoms with E-state index in [4.69, 9.17) is 9.72 Å². The Balaban J connectivity index is 1.53. The van der Waals surface area contributed by atoms with Gasteiger partial charge in [0.1, 0.15) is 11.6 Å². The van der Waals surface area contributed by atoms with Crippen molar-refractivity contribution in [3.05, 3.63) is 54.4 Å². The lowest BCUT2D eigenvalue weighted by molar-refractivity contribution is -0.136. The van der Waals surface area contributed by atoms with Gasteiger partial charge >= 0.3 is 0 Å². The molecule has 0 atom stereocenters. The van der Waals surface area contributed by atoms with Crippen LogP contribution in [0.25, 0.3) is 16.7 Å². The third-order valence-electron chi connectivity index (χ3n) is 6.34. The number of carbonyl (C=O) groups is 1. The first-order chi connectivity index (χ1) is 15.1. The van der Waals surface area contributed by atoms with E-state index in [1.54, 1.807) is 7.11 Å². The van der Waals surface area contributed by atoms with Gasteiger partial charge < -0.3 is 9.64 Å². The van der Waals surface area contributed by atoms with Crippen LogP contribution in [0, 0.1) is 5.92 Å². The number of rotatable bonds is 7. The van der Waals surface area contributed by atoms with Gasteiger partial charge in [0.2, 0.25) is 5.91 Å². The largest absolute Gasteiger partial charge is 0.497 e. The summed E-state index contributed by atoms with van der Waals surface area (Å²) in [6, 6.07) is 16.4. The number of piperidine rings is 1. The van der Waals surface area contributed by atoms with Crippen LogP contribution in [-0.2, 0) is 11.3 Å². The fourth-order valence-electron chi connectivity index (χ4n) is 4.53. The summed E-state index contributed by atoms with van der Waals surface area (Å²) in [4.78, 5) is 22.1. The van der Waals surface area contributed by atoms with Crippen molar-refractivity contribution in [2.45, 2.75) is 33.2 Å². The topological polar surface area (TPSA) is 50.6 Å². The lowest BCUT2D eigenvalue weighted by Gasteiger charge is -2.33. The van der Waals surface area contributed by atoms with Crippen molar-refractivity contribution >= 4 is 16.9 Å². The summed E-state index contributed by atoms with van der Waals surface area (Å²) in [6.45, 7) is 8.31. The van der Waals surface area contributed by atoms with Crippen molar-refractivity contribution in [3.8, 4) is 11.4 Å². The van der Waals surface area contributed by atoms with Gasteiger partial charge in [0, 0.05) is 24.7 Å². The first-order valence-electron chi connectivity index (χ1n) is 11.3. The molecule has 0 aliphatic carbocycles. The summed E-state index contributed by atoms with van der Waals surface area (Å²) >= 11 is 0. The number of nitrogens with zero attached hydrogens (tertiary/aromatic N) is 4. The Morgan fingerprint density at radius 3 is 2.39 bits per heavy atom. The number of amides is 1. The van der Waals surface area contributed by atoms with E-state index in [2.05, 4.69) is 53.6 Å². The summed E-state index contributed by atoms with van der Waals surface area (Å²) in [5.41, 5.74) is 3.19. The molecule has 0 N–H and O–H groups in total. The summed E-state index contributed by atoms with van der Waals surface area (Å²) < 4.78 is 7.56. The number of methoxy groups -OCH3 is 1. The van der Waals surface area contributed by atoms with Crippen LogP contribution in [0.1, 0.15) is 32.5 Å². The molecule has 0 bridgehead atoms. The molecule has 0 saturated carbocycles. The predicted octanol–water partition coefficient (Wildman–Crippen LogP) is 4.11. The maximum atomic E-state index is 12.7. The number of hydrogen-bond donors (Lipinski definition) is 0. The molecule has 164 valence electrons. The van der Waals surface area contributed by atoms with Crippen molar-refractivity contribution < 1.29 is 9.53 Å². The lowest BCUT2D eigenvalue weighted by Crippen LogP contribution is -2.42. The van der Waals surface area contributed by atoms with Gasteiger partial charge in [-0.3, -0.25) is 14.3 Å². The highest BCUT2D eigenvalue weighted by Gasteiger charge is 2.28. The zero-order valence-corrected chi connectivity index (χ0v) is 18.8. The fourth-order valence-corrected chi connectivity index (χ4v) is 4.53. The number of imidazole rings is 1. The van der Waals surface area contributed by atoms with Crippen LogP contribution in [0.15, 0.2) is 48.5 Å². The number of fused-ring (bicyclic) bond motifs is 1. The van der Waals surface area contributed by atoms with Gasteiger partial charge in [-0.1, -0.05) is 12.1 Å². The van der Waals surface area contributed by atoms with Crippen molar-refractivity contribution in [1.29, 1.82) is 0 Å². The fraction of sp³-hybridized carbons (Fsp3) is 0.440. The number of para-hydroxylation sites is 2. The summed E-state index contributed by atoms with van der Waals surface area (Å²) in [6.07, 6.45) is 1.83. The standard InChI is InChI=1S/C25H32N4O2/c1-4-28(5-2)25(30)19-14-16-27(17-15-19)18-24-26-22-8-6-7-9-23(22)29(24)20-10-12-21(31-3)13-11-20/h6-13,19H,4-5,14-18H2,1-3H3. The minimum absolute atomic E-state index is 0.150. The van der Waals surface area contributed by atoms with Crippen LogP contribution in [0.4, 0.5) is 0 Å². The second-order valence-electron chi connectivity index (χ2n) is 8.11. The van der Waals surface area contributed by atoms with Crippen molar-refractivity contribution in [2.75, 3.05) is 33.3 Å².